The third kappa shape index (κ3) is 5.15. The van der Waals surface area contributed by atoms with Crippen LogP contribution in [0.15, 0.2) is 35.0 Å². The summed E-state index contributed by atoms with van der Waals surface area (Å²) in [5.74, 6) is -0.222. The molecule has 2 amide bonds. The number of amides is 2. The molecular formula is C25H28Cl2N4O5. The Hall–Kier alpha value is -2.85. The first-order valence-corrected chi connectivity index (χ1v) is 12.4. The summed E-state index contributed by atoms with van der Waals surface area (Å²) in [6.45, 7) is 6.07. The molecule has 0 spiro atoms. The molecule has 0 aliphatic carbocycles. The zero-order valence-corrected chi connectivity index (χ0v) is 21.8. The number of fused-ring (bicyclic) bond motifs is 1. The lowest BCUT2D eigenvalue weighted by molar-refractivity contribution is 0.0263. The van der Waals surface area contributed by atoms with E-state index in [9.17, 15) is 14.7 Å². The van der Waals surface area contributed by atoms with Gasteiger partial charge in [0.2, 0.25) is 0 Å². The van der Waals surface area contributed by atoms with E-state index < -0.39 is 5.91 Å². The number of hydrogen-bond donors (Lipinski definition) is 2. The number of aliphatic hydroxyl groups is 1. The van der Waals surface area contributed by atoms with Crippen LogP contribution < -0.4 is 10.1 Å². The van der Waals surface area contributed by atoms with Gasteiger partial charge < -0.3 is 24.5 Å². The van der Waals surface area contributed by atoms with Gasteiger partial charge in [-0.1, -0.05) is 23.2 Å². The minimum Gasteiger partial charge on any atom is -0.493 e. The zero-order chi connectivity index (χ0) is 26.0. The van der Waals surface area contributed by atoms with Crippen molar-refractivity contribution in [3.8, 4) is 5.75 Å². The van der Waals surface area contributed by atoms with Crippen LogP contribution in [0.3, 0.4) is 0 Å². The number of hydrogen-bond acceptors (Lipinski definition) is 7. The van der Waals surface area contributed by atoms with Crippen LogP contribution in [0.25, 0.3) is 11.0 Å². The maximum atomic E-state index is 13.4. The molecule has 4 rings (SSSR count). The highest BCUT2D eigenvalue weighted by atomic mass is 35.5. The minimum absolute atomic E-state index is 0.117. The number of aliphatic hydroxyl groups excluding tert-OH is 1. The summed E-state index contributed by atoms with van der Waals surface area (Å²) in [5.41, 5.74) is 0.806. The zero-order valence-electron chi connectivity index (χ0n) is 20.3. The largest absolute Gasteiger partial charge is 0.493 e. The van der Waals surface area contributed by atoms with Crippen molar-refractivity contribution in [2.75, 3.05) is 38.7 Å². The fourth-order valence-corrected chi connectivity index (χ4v) is 5.11. The van der Waals surface area contributed by atoms with Crippen molar-refractivity contribution in [1.82, 2.24) is 14.8 Å². The van der Waals surface area contributed by atoms with Crippen molar-refractivity contribution < 1.29 is 23.8 Å². The fraction of sp³-hybridized carbons (Fsp3) is 0.400. The van der Waals surface area contributed by atoms with E-state index in [1.807, 2.05) is 0 Å². The first kappa shape index (κ1) is 26.2. The Labute approximate surface area is 218 Å². The number of halogens is 2. The van der Waals surface area contributed by atoms with Crippen LogP contribution in [0, 0.1) is 0 Å². The summed E-state index contributed by atoms with van der Waals surface area (Å²) >= 11 is 12.3. The molecule has 192 valence electrons. The maximum Gasteiger partial charge on any atom is 0.289 e. The molecule has 2 aromatic heterocycles. The quantitative estimate of drug-likeness (QED) is 0.464. The van der Waals surface area contributed by atoms with Gasteiger partial charge in [-0.3, -0.25) is 19.5 Å². The predicted molar refractivity (Wildman–Crippen MR) is 138 cm³/mol. The van der Waals surface area contributed by atoms with Gasteiger partial charge in [-0.15, -0.1) is 0 Å². The number of rotatable bonds is 7. The predicted octanol–water partition coefficient (Wildman–Crippen LogP) is 4.31. The Morgan fingerprint density at radius 3 is 2.47 bits per heavy atom. The van der Waals surface area contributed by atoms with Crippen molar-refractivity contribution in [2.24, 2.45) is 0 Å². The molecule has 36 heavy (non-hydrogen) atoms. The van der Waals surface area contributed by atoms with Crippen LogP contribution in [0.5, 0.6) is 5.75 Å². The molecular weight excluding hydrogens is 507 g/mol. The molecule has 11 heteroatoms. The first-order valence-electron chi connectivity index (χ1n) is 11.6. The Balaban J connectivity index is 1.63. The second kappa shape index (κ2) is 11.0. The summed E-state index contributed by atoms with van der Waals surface area (Å²) in [6, 6.07) is 5.01. The molecule has 0 saturated carbocycles. The molecule has 1 aromatic carbocycles. The lowest BCUT2D eigenvalue weighted by Crippen LogP contribution is -2.58. The van der Waals surface area contributed by atoms with Crippen molar-refractivity contribution in [1.29, 1.82) is 0 Å². The lowest BCUT2D eigenvalue weighted by atomic mass is 10.1. The number of benzene rings is 1. The number of aromatic nitrogens is 1. The molecule has 2 atom stereocenters. The standard InChI is InChI=1S/C25H28Cl2N4O5/c1-14-12-30(13-15(2)31(14)7-4-8-32)25(34)21-9-17-16(5-6-20(35-3)23(17)36-21)24(33)29-22-18(26)10-28-11-19(22)27/h5-6,9-11,14-15,32H,4,7-8,12-13H2,1-3H3,(H,28,29,33). The van der Waals surface area contributed by atoms with Crippen molar-refractivity contribution in [3.63, 3.8) is 0 Å². The second-order valence-electron chi connectivity index (χ2n) is 8.82. The van der Waals surface area contributed by atoms with E-state index in [1.165, 1.54) is 19.5 Å². The Morgan fingerprint density at radius 1 is 1.19 bits per heavy atom. The van der Waals surface area contributed by atoms with E-state index in [2.05, 4.69) is 29.0 Å². The van der Waals surface area contributed by atoms with Crippen LogP contribution in [-0.4, -0.2) is 77.1 Å². The monoisotopic (exact) mass is 534 g/mol. The van der Waals surface area contributed by atoms with Gasteiger partial charge in [0.15, 0.2) is 17.1 Å². The highest BCUT2D eigenvalue weighted by Gasteiger charge is 2.33. The molecule has 9 nitrogen and oxygen atoms in total. The third-order valence-corrected chi connectivity index (χ3v) is 6.95. The van der Waals surface area contributed by atoms with Gasteiger partial charge in [0.05, 0.1) is 28.4 Å². The van der Waals surface area contributed by atoms with Crippen molar-refractivity contribution in [2.45, 2.75) is 32.4 Å². The van der Waals surface area contributed by atoms with Crippen LogP contribution in [-0.2, 0) is 0 Å². The number of ether oxygens (including phenoxy) is 1. The van der Waals surface area contributed by atoms with Crippen molar-refractivity contribution in [3.05, 3.63) is 52.0 Å². The molecule has 1 aliphatic rings. The smallest absolute Gasteiger partial charge is 0.289 e. The topological polar surface area (TPSA) is 108 Å². The normalized spacial score (nSPS) is 18.4. The number of anilines is 1. The SMILES string of the molecule is COc1ccc(C(=O)Nc2c(Cl)cncc2Cl)c2cc(C(=O)N3CC(C)N(CCCO)C(C)C3)oc12. The number of methoxy groups -OCH3 is 1. The van der Waals surface area contributed by atoms with E-state index in [1.54, 1.807) is 23.1 Å². The highest BCUT2D eigenvalue weighted by molar-refractivity contribution is 6.39. The molecule has 2 N–H and O–H groups in total. The van der Waals surface area contributed by atoms with Crippen LogP contribution in [0.2, 0.25) is 10.0 Å². The average molecular weight is 535 g/mol. The number of pyridine rings is 1. The van der Waals surface area contributed by atoms with Gasteiger partial charge in [-0.05, 0) is 38.5 Å². The molecule has 1 fully saturated rings. The highest BCUT2D eigenvalue weighted by Crippen LogP contribution is 2.34. The van der Waals surface area contributed by atoms with Gasteiger partial charge in [0.25, 0.3) is 11.8 Å². The average Bonchev–Trinajstić information content (AvgIpc) is 3.30. The van der Waals surface area contributed by atoms with E-state index in [0.29, 0.717) is 36.2 Å². The Morgan fingerprint density at radius 2 is 1.86 bits per heavy atom. The number of nitrogens with zero attached hydrogens (tertiary/aromatic N) is 3. The number of furan rings is 1. The Bertz CT molecular complexity index is 1250. The van der Waals surface area contributed by atoms with Crippen LogP contribution in [0.1, 0.15) is 41.2 Å². The van der Waals surface area contributed by atoms with E-state index >= 15 is 0 Å². The molecule has 0 radical (unpaired) electrons. The summed E-state index contributed by atoms with van der Waals surface area (Å²) in [4.78, 5) is 34.5. The van der Waals surface area contributed by atoms with Gasteiger partial charge in [-0.25, -0.2) is 0 Å². The number of nitrogens with one attached hydrogen (secondary N) is 1. The molecule has 1 aliphatic heterocycles. The van der Waals surface area contributed by atoms with Gasteiger partial charge >= 0.3 is 0 Å². The second-order valence-corrected chi connectivity index (χ2v) is 9.64. The molecule has 1 saturated heterocycles. The first-order chi connectivity index (χ1) is 17.2. The molecule has 2 unspecified atom stereocenters. The van der Waals surface area contributed by atoms with Gasteiger partial charge in [0, 0.05) is 56.1 Å². The van der Waals surface area contributed by atoms with E-state index in [-0.39, 0.29) is 51.7 Å². The summed E-state index contributed by atoms with van der Waals surface area (Å²) in [6.07, 6.45) is 3.45. The van der Waals surface area contributed by atoms with Crippen molar-refractivity contribution >= 4 is 51.7 Å². The number of carbonyl (C=O) groups is 2. The van der Waals surface area contributed by atoms with Gasteiger partial charge in [-0.2, -0.15) is 0 Å². The van der Waals surface area contributed by atoms with E-state index in [4.69, 9.17) is 32.4 Å². The van der Waals surface area contributed by atoms with Gasteiger partial charge in [0.1, 0.15) is 0 Å². The fourth-order valence-electron chi connectivity index (χ4n) is 4.65. The molecule has 0 bridgehead atoms. The maximum absolute atomic E-state index is 13.4. The van der Waals surface area contributed by atoms with Crippen LogP contribution in [0.4, 0.5) is 5.69 Å². The summed E-state index contributed by atoms with van der Waals surface area (Å²) in [5, 5.41) is 12.7. The van der Waals surface area contributed by atoms with E-state index in [0.717, 1.165) is 6.54 Å². The summed E-state index contributed by atoms with van der Waals surface area (Å²) < 4.78 is 11.4. The van der Waals surface area contributed by atoms with Crippen LogP contribution >= 0.6 is 23.2 Å². The number of carbonyl (C=O) groups excluding carboxylic acids is 2. The summed E-state index contributed by atoms with van der Waals surface area (Å²) in [7, 11) is 1.49. The lowest BCUT2D eigenvalue weighted by Gasteiger charge is -2.44. The Kier molecular flexibility index (Phi) is 8.04. The molecule has 3 heterocycles. The minimum atomic E-state index is -0.475. The third-order valence-electron chi connectivity index (χ3n) is 6.38. The number of piperazine rings is 1. The molecule has 3 aromatic rings.